The molecular formula is C19H19N3O3. The molecule has 1 fully saturated rings. The van der Waals surface area contributed by atoms with Crippen LogP contribution in [0.25, 0.3) is 10.9 Å². The number of carbonyl (C=O) groups is 1. The summed E-state index contributed by atoms with van der Waals surface area (Å²) in [6, 6.07) is 11.4. The summed E-state index contributed by atoms with van der Waals surface area (Å²) >= 11 is 0. The molecule has 1 amide bonds. The molecule has 0 saturated carbocycles. The lowest BCUT2D eigenvalue weighted by molar-refractivity contribution is 0.0949. The van der Waals surface area contributed by atoms with Gasteiger partial charge in [-0.25, -0.2) is 4.98 Å². The fourth-order valence-electron chi connectivity index (χ4n) is 2.95. The maximum absolute atomic E-state index is 12.4. The SMILES string of the molecule is O=C(NCc1c[nH]c2ccccc12)c1ccnc(O[C@H]2CCOC2)c1. The number of para-hydroxylation sites is 1. The number of carbonyl (C=O) groups excluding carboxylic acids is 1. The Bertz CT molecular complexity index is 884. The normalized spacial score (nSPS) is 16.9. The van der Waals surface area contributed by atoms with E-state index in [4.69, 9.17) is 9.47 Å². The number of nitrogens with zero attached hydrogens (tertiary/aromatic N) is 1. The van der Waals surface area contributed by atoms with Gasteiger partial charge in [0.05, 0.1) is 13.2 Å². The molecule has 2 N–H and O–H groups in total. The van der Waals surface area contributed by atoms with Gasteiger partial charge in [0.15, 0.2) is 0 Å². The van der Waals surface area contributed by atoms with Crippen molar-refractivity contribution in [3.8, 4) is 5.88 Å². The predicted molar refractivity (Wildman–Crippen MR) is 93.6 cm³/mol. The quantitative estimate of drug-likeness (QED) is 0.750. The van der Waals surface area contributed by atoms with Crippen LogP contribution in [-0.4, -0.2) is 35.2 Å². The highest BCUT2D eigenvalue weighted by atomic mass is 16.5. The molecule has 1 saturated heterocycles. The van der Waals surface area contributed by atoms with Gasteiger partial charge in [0.1, 0.15) is 6.10 Å². The van der Waals surface area contributed by atoms with Crippen LogP contribution in [0.1, 0.15) is 22.3 Å². The smallest absolute Gasteiger partial charge is 0.251 e. The number of hydrogen-bond donors (Lipinski definition) is 2. The van der Waals surface area contributed by atoms with Crippen molar-refractivity contribution in [3.63, 3.8) is 0 Å². The lowest BCUT2D eigenvalue weighted by atomic mass is 10.1. The van der Waals surface area contributed by atoms with E-state index in [1.54, 1.807) is 18.3 Å². The third-order valence-electron chi connectivity index (χ3n) is 4.29. The average molecular weight is 337 g/mol. The van der Waals surface area contributed by atoms with Crippen LogP contribution in [-0.2, 0) is 11.3 Å². The third kappa shape index (κ3) is 3.49. The van der Waals surface area contributed by atoms with E-state index in [1.165, 1.54) is 0 Å². The van der Waals surface area contributed by atoms with Gasteiger partial charge >= 0.3 is 0 Å². The van der Waals surface area contributed by atoms with Crippen molar-refractivity contribution in [2.45, 2.75) is 19.1 Å². The summed E-state index contributed by atoms with van der Waals surface area (Å²) in [7, 11) is 0. The molecule has 3 heterocycles. The van der Waals surface area contributed by atoms with Crippen LogP contribution in [0.4, 0.5) is 0 Å². The molecule has 0 radical (unpaired) electrons. The Labute approximate surface area is 145 Å². The van der Waals surface area contributed by atoms with Gasteiger partial charge in [-0.3, -0.25) is 4.79 Å². The summed E-state index contributed by atoms with van der Waals surface area (Å²) in [4.78, 5) is 19.8. The monoisotopic (exact) mass is 337 g/mol. The van der Waals surface area contributed by atoms with Gasteiger partial charge in [-0.15, -0.1) is 0 Å². The van der Waals surface area contributed by atoms with Gasteiger partial charge in [0.25, 0.3) is 5.91 Å². The zero-order valence-electron chi connectivity index (χ0n) is 13.7. The lowest BCUT2D eigenvalue weighted by Gasteiger charge is -2.11. The summed E-state index contributed by atoms with van der Waals surface area (Å²) in [5, 5.41) is 4.06. The molecule has 3 aromatic rings. The zero-order chi connectivity index (χ0) is 17.1. The Morgan fingerprint density at radius 2 is 2.28 bits per heavy atom. The fraction of sp³-hybridized carbons (Fsp3) is 0.263. The van der Waals surface area contributed by atoms with Crippen LogP contribution in [0.3, 0.4) is 0 Å². The number of aromatic amines is 1. The number of rotatable bonds is 5. The molecule has 128 valence electrons. The van der Waals surface area contributed by atoms with Crippen molar-refractivity contribution < 1.29 is 14.3 Å². The van der Waals surface area contributed by atoms with Crippen molar-refractivity contribution in [1.82, 2.24) is 15.3 Å². The number of H-pyrrole nitrogens is 1. The van der Waals surface area contributed by atoms with Crippen LogP contribution in [0.2, 0.25) is 0 Å². The van der Waals surface area contributed by atoms with Crippen LogP contribution < -0.4 is 10.1 Å². The molecule has 0 bridgehead atoms. The highest BCUT2D eigenvalue weighted by Gasteiger charge is 2.18. The van der Waals surface area contributed by atoms with E-state index < -0.39 is 0 Å². The molecule has 0 aliphatic carbocycles. The minimum absolute atomic E-state index is 0.0111. The van der Waals surface area contributed by atoms with E-state index in [2.05, 4.69) is 15.3 Å². The van der Waals surface area contributed by atoms with E-state index in [9.17, 15) is 4.79 Å². The predicted octanol–water partition coefficient (Wildman–Crippen LogP) is 2.66. The first-order valence-electron chi connectivity index (χ1n) is 8.33. The Kier molecular flexibility index (Phi) is 4.35. The highest BCUT2D eigenvalue weighted by molar-refractivity contribution is 5.94. The van der Waals surface area contributed by atoms with Gasteiger partial charge in [0, 0.05) is 47.9 Å². The lowest BCUT2D eigenvalue weighted by Crippen LogP contribution is -2.23. The first-order chi connectivity index (χ1) is 12.3. The third-order valence-corrected chi connectivity index (χ3v) is 4.29. The average Bonchev–Trinajstić information content (AvgIpc) is 3.30. The van der Waals surface area contributed by atoms with E-state index in [-0.39, 0.29) is 12.0 Å². The minimum Gasteiger partial charge on any atom is -0.472 e. The van der Waals surface area contributed by atoms with Crippen LogP contribution in [0.5, 0.6) is 5.88 Å². The number of pyridine rings is 1. The van der Waals surface area contributed by atoms with Crippen molar-refractivity contribution in [2.75, 3.05) is 13.2 Å². The van der Waals surface area contributed by atoms with Crippen LogP contribution >= 0.6 is 0 Å². The number of fused-ring (bicyclic) bond motifs is 1. The summed E-state index contributed by atoms with van der Waals surface area (Å²) in [5.74, 6) is 0.301. The van der Waals surface area contributed by atoms with Crippen molar-refractivity contribution >= 4 is 16.8 Å². The Morgan fingerprint density at radius 1 is 1.36 bits per heavy atom. The molecule has 6 nitrogen and oxygen atoms in total. The van der Waals surface area contributed by atoms with E-state index in [0.29, 0.717) is 31.2 Å². The number of benzene rings is 1. The maximum atomic E-state index is 12.4. The molecular weight excluding hydrogens is 318 g/mol. The van der Waals surface area contributed by atoms with Crippen molar-refractivity contribution in [2.24, 2.45) is 0 Å². The fourth-order valence-corrected chi connectivity index (χ4v) is 2.95. The number of ether oxygens (including phenoxy) is 2. The van der Waals surface area contributed by atoms with Crippen LogP contribution in [0.15, 0.2) is 48.8 Å². The molecule has 6 heteroatoms. The van der Waals surface area contributed by atoms with E-state index in [1.807, 2.05) is 30.5 Å². The second-order valence-corrected chi connectivity index (χ2v) is 6.03. The highest BCUT2D eigenvalue weighted by Crippen LogP contribution is 2.18. The Hall–Kier alpha value is -2.86. The number of amides is 1. The molecule has 1 aliphatic heterocycles. The van der Waals surface area contributed by atoms with Crippen LogP contribution in [0, 0.1) is 0 Å². The first kappa shape index (κ1) is 15.7. The van der Waals surface area contributed by atoms with Gasteiger partial charge in [-0.05, 0) is 17.7 Å². The van der Waals surface area contributed by atoms with Gasteiger partial charge in [0.2, 0.25) is 5.88 Å². The molecule has 1 atom stereocenters. The molecule has 0 spiro atoms. The van der Waals surface area contributed by atoms with E-state index in [0.717, 1.165) is 22.9 Å². The molecule has 0 unspecified atom stereocenters. The topological polar surface area (TPSA) is 76.2 Å². The van der Waals surface area contributed by atoms with Gasteiger partial charge < -0.3 is 19.8 Å². The molecule has 1 aromatic carbocycles. The second-order valence-electron chi connectivity index (χ2n) is 6.03. The first-order valence-corrected chi connectivity index (χ1v) is 8.33. The minimum atomic E-state index is -0.153. The second kappa shape index (κ2) is 6.94. The zero-order valence-corrected chi connectivity index (χ0v) is 13.7. The Balaban J connectivity index is 1.42. The number of aromatic nitrogens is 2. The Morgan fingerprint density at radius 3 is 3.16 bits per heavy atom. The molecule has 25 heavy (non-hydrogen) atoms. The molecule has 2 aromatic heterocycles. The van der Waals surface area contributed by atoms with Gasteiger partial charge in [-0.1, -0.05) is 18.2 Å². The summed E-state index contributed by atoms with van der Waals surface area (Å²) in [6.07, 6.45) is 4.37. The number of hydrogen-bond acceptors (Lipinski definition) is 4. The molecule has 1 aliphatic rings. The molecule has 4 rings (SSSR count). The summed E-state index contributed by atoms with van der Waals surface area (Å²) in [6.45, 7) is 1.73. The largest absolute Gasteiger partial charge is 0.472 e. The number of nitrogens with one attached hydrogen (secondary N) is 2. The summed E-state index contributed by atoms with van der Waals surface area (Å²) < 4.78 is 11.0. The van der Waals surface area contributed by atoms with Crippen molar-refractivity contribution in [3.05, 3.63) is 59.9 Å². The van der Waals surface area contributed by atoms with E-state index >= 15 is 0 Å². The standard InChI is InChI=1S/C19H19N3O3/c23-19(22-11-14-10-21-17-4-2-1-3-16(14)17)13-5-7-20-18(9-13)25-15-6-8-24-12-15/h1-5,7,9-10,15,21H,6,8,11-12H2,(H,22,23)/t15-/m0/s1. The van der Waals surface area contributed by atoms with Gasteiger partial charge in [-0.2, -0.15) is 0 Å². The van der Waals surface area contributed by atoms with Crippen molar-refractivity contribution in [1.29, 1.82) is 0 Å². The summed E-state index contributed by atoms with van der Waals surface area (Å²) in [5.41, 5.74) is 2.64. The maximum Gasteiger partial charge on any atom is 0.251 e.